The van der Waals surface area contributed by atoms with E-state index < -0.39 is 0 Å². The molecular formula is C14H20BrN3O. The number of amides is 1. The second-order valence-corrected chi connectivity index (χ2v) is 6.00. The van der Waals surface area contributed by atoms with E-state index in [1.807, 2.05) is 25.1 Å². The fourth-order valence-electron chi connectivity index (χ4n) is 2.36. The van der Waals surface area contributed by atoms with Crippen LogP contribution in [0.4, 0.5) is 5.69 Å². The van der Waals surface area contributed by atoms with Crippen LogP contribution in [-0.4, -0.2) is 36.5 Å². The van der Waals surface area contributed by atoms with Crippen LogP contribution in [0.3, 0.4) is 0 Å². The highest BCUT2D eigenvalue weighted by Crippen LogP contribution is 2.20. The summed E-state index contributed by atoms with van der Waals surface area (Å²) in [5.41, 5.74) is 7.86. The molecule has 0 spiro atoms. The molecule has 5 heteroatoms. The Labute approximate surface area is 122 Å². The third-order valence-corrected chi connectivity index (χ3v) is 4.24. The van der Waals surface area contributed by atoms with Gasteiger partial charge in [-0.3, -0.25) is 9.69 Å². The molecule has 0 bridgehead atoms. The van der Waals surface area contributed by atoms with Crippen molar-refractivity contribution in [2.75, 3.05) is 25.0 Å². The average molecular weight is 326 g/mol. The van der Waals surface area contributed by atoms with E-state index in [0.717, 1.165) is 41.7 Å². The van der Waals surface area contributed by atoms with Crippen LogP contribution < -0.4 is 11.1 Å². The third kappa shape index (κ3) is 4.30. The molecule has 2 rings (SSSR count). The number of halogens is 1. The summed E-state index contributed by atoms with van der Waals surface area (Å²) >= 11 is 3.45. The molecule has 1 aliphatic rings. The van der Waals surface area contributed by atoms with Crippen molar-refractivity contribution >= 4 is 27.5 Å². The van der Waals surface area contributed by atoms with E-state index in [-0.39, 0.29) is 11.9 Å². The van der Waals surface area contributed by atoms with Crippen molar-refractivity contribution in [2.24, 2.45) is 5.73 Å². The number of aryl methyl sites for hydroxylation is 1. The molecule has 1 amide bonds. The van der Waals surface area contributed by atoms with Crippen molar-refractivity contribution in [3.05, 3.63) is 28.2 Å². The maximum Gasteiger partial charge on any atom is 0.238 e. The minimum Gasteiger partial charge on any atom is -0.327 e. The summed E-state index contributed by atoms with van der Waals surface area (Å²) in [4.78, 5) is 14.1. The molecule has 1 aliphatic heterocycles. The first kappa shape index (κ1) is 14.5. The zero-order chi connectivity index (χ0) is 13.8. The number of carbonyl (C=O) groups excluding carboxylic acids is 1. The number of hydrogen-bond acceptors (Lipinski definition) is 3. The number of hydrogen-bond donors (Lipinski definition) is 2. The summed E-state index contributed by atoms with van der Waals surface area (Å²) in [6.07, 6.45) is 2.13. The van der Waals surface area contributed by atoms with E-state index in [2.05, 4.69) is 26.1 Å². The van der Waals surface area contributed by atoms with Crippen LogP contribution in [0.1, 0.15) is 18.4 Å². The van der Waals surface area contributed by atoms with Crippen LogP contribution in [0.2, 0.25) is 0 Å². The van der Waals surface area contributed by atoms with Gasteiger partial charge >= 0.3 is 0 Å². The van der Waals surface area contributed by atoms with E-state index in [4.69, 9.17) is 5.73 Å². The molecule has 0 radical (unpaired) electrons. The summed E-state index contributed by atoms with van der Waals surface area (Å²) in [7, 11) is 0. The average Bonchev–Trinajstić information content (AvgIpc) is 2.34. The van der Waals surface area contributed by atoms with E-state index in [9.17, 15) is 4.79 Å². The lowest BCUT2D eigenvalue weighted by molar-refractivity contribution is -0.117. The van der Waals surface area contributed by atoms with Gasteiger partial charge in [-0.25, -0.2) is 0 Å². The summed E-state index contributed by atoms with van der Waals surface area (Å²) in [5.74, 6) is 0.0239. The van der Waals surface area contributed by atoms with Gasteiger partial charge in [-0.05, 0) is 50.1 Å². The molecule has 4 nitrogen and oxygen atoms in total. The molecule has 1 aromatic carbocycles. The van der Waals surface area contributed by atoms with Gasteiger partial charge in [0.2, 0.25) is 5.91 Å². The van der Waals surface area contributed by atoms with Crippen LogP contribution in [0, 0.1) is 6.92 Å². The second-order valence-electron chi connectivity index (χ2n) is 5.15. The number of likely N-dealkylation sites (tertiary alicyclic amines) is 1. The van der Waals surface area contributed by atoms with Gasteiger partial charge < -0.3 is 11.1 Å². The fraction of sp³-hybridized carbons (Fsp3) is 0.500. The number of nitrogens with zero attached hydrogens (tertiary/aromatic N) is 1. The Morgan fingerprint density at radius 3 is 3.05 bits per heavy atom. The maximum atomic E-state index is 12.0. The van der Waals surface area contributed by atoms with Crippen LogP contribution in [-0.2, 0) is 4.79 Å². The maximum absolute atomic E-state index is 12.0. The quantitative estimate of drug-likeness (QED) is 0.894. The van der Waals surface area contributed by atoms with E-state index in [1.165, 1.54) is 0 Å². The lowest BCUT2D eigenvalue weighted by Crippen LogP contribution is -2.45. The fourth-order valence-corrected chi connectivity index (χ4v) is 2.61. The Kier molecular flexibility index (Phi) is 4.96. The first-order valence-electron chi connectivity index (χ1n) is 6.58. The summed E-state index contributed by atoms with van der Waals surface area (Å²) in [6, 6.07) is 6.01. The molecule has 0 aliphatic carbocycles. The van der Waals surface area contributed by atoms with E-state index >= 15 is 0 Å². The van der Waals surface area contributed by atoms with Crippen molar-refractivity contribution < 1.29 is 4.79 Å². The number of anilines is 1. The zero-order valence-electron chi connectivity index (χ0n) is 11.2. The SMILES string of the molecule is Cc1cc(NC(=O)CN2CCCC(N)C2)ccc1Br. The number of carbonyl (C=O) groups is 1. The highest BCUT2D eigenvalue weighted by atomic mass is 79.9. The molecule has 1 fully saturated rings. The van der Waals surface area contributed by atoms with Crippen molar-refractivity contribution in [3.8, 4) is 0 Å². The summed E-state index contributed by atoms with van der Waals surface area (Å²) < 4.78 is 1.05. The van der Waals surface area contributed by atoms with Gasteiger partial charge in [0.15, 0.2) is 0 Å². The molecule has 1 heterocycles. The molecule has 0 aromatic heterocycles. The number of nitrogens with two attached hydrogens (primary N) is 1. The number of nitrogens with one attached hydrogen (secondary N) is 1. The highest BCUT2D eigenvalue weighted by Gasteiger charge is 2.18. The predicted octanol–water partition coefficient (Wildman–Crippen LogP) is 2.12. The molecule has 0 saturated carbocycles. The van der Waals surface area contributed by atoms with Crippen molar-refractivity contribution in [3.63, 3.8) is 0 Å². The monoisotopic (exact) mass is 325 g/mol. The Balaban J connectivity index is 1.88. The molecule has 1 saturated heterocycles. The van der Waals surface area contributed by atoms with Crippen molar-refractivity contribution in [1.82, 2.24) is 4.90 Å². The lowest BCUT2D eigenvalue weighted by Gasteiger charge is -2.29. The van der Waals surface area contributed by atoms with Crippen molar-refractivity contribution in [2.45, 2.75) is 25.8 Å². The smallest absolute Gasteiger partial charge is 0.238 e. The second kappa shape index (κ2) is 6.50. The molecule has 3 N–H and O–H groups in total. The minimum atomic E-state index is 0.0239. The van der Waals surface area contributed by atoms with Gasteiger partial charge in [0.25, 0.3) is 0 Å². The van der Waals surface area contributed by atoms with Crippen LogP contribution in [0.25, 0.3) is 0 Å². The Hall–Kier alpha value is -0.910. The van der Waals surface area contributed by atoms with Gasteiger partial charge in [-0.2, -0.15) is 0 Å². The van der Waals surface area contributed by atoms with Crippen LogP contribution in [0.15, 0.2) is 22.7 Å². The van der Waals surface area contributed by atoms with Crippen LogP contribution in [0.5, 0.6) is 0 Å². The van der Waals surface area contributed by atoms with E-state index in [1.54, 1.807) is 0 Å². The lowest BCUT2D eigenvalue weighted by atomic mass is 10.1. The van der Waals surface area contributed by atoms with Gasteiger partial charge in [-0.15, -0.1) is 0 Å². The summed E-state index contributed by atoms with van der Waals surface area (Å²) in [5, 5.41) is 2.93. The minimum absolute atomic E-state index is 0.0239. The molecular weight excluding hydrogens is 306 g/mol. The van der Waals surface area contributed by atoms with Crippen molar-refractivity contribution in [1.29, 1.82) is 0 Å². The molecule has 1 aromatic rings. The highest BCUT2D eigenvalue weighted by molar-refractivity contribution is 9.10. The van der Waals surface area contributed by atoms with Gasteiger partial charge in [-0.1, -0.05) is 15.9 Å². The van der Waals surface area contributed by atoms with Crippen LogP contribution >= 0.6 is 15.9 Å². The number of piperidine rings is 1. The predicted molar refractivity (Wildman–Crippen MR) is 81.2 cm³/mol. The molecule has 1 atom stereocenters. The first-order valence-corrected chi connectivity index (χ1v) is 7.38. The first-order chi connectivity index (χ1) is 9.04. The largest absolute Gasteiger partial charge is 0.327 e. The Morgan fingerprint density at radius 2 is 2.37 bits per heavy atom. The Morgan fingerprint density at radius 1 is 1.58 bits per heavy atom. The standard InChI is InChI=1S/C14H20BrN3O/c1-10-7-12(4-5-13(10)15)17-14(19)9-18-6-2-3-11(16)8-18/h4-5,7,11H,2-3,6,8-9,16H2,1H3,(H,17,19). The zero-order valence-corrected chi connectivity index (χ0v) is 12.7. The van der Waals surface area contributed by atoms with Gasteiger partial charge in [0.05, 0.1) is 6.54 Å². The topological polar surface area (TPSA) is 58.4 Å². The normalized spacial score (nSPS) is 20.3. The number of benzene rings is 1. The van der Waals surface area contributed by atoms with Gasteiger partial charge in [0, 0.05) is 22.7 Å². The third-order valence-electron chi connectivity index (χ3n) is 3.35. The molecule has 19 heavy (non-hydrogen) atoms. The molecule has 104 valence electrons. The Bertz CT molecular complexity index is 464. The summed E-state index contributed by atoms with van der Waals surface area (Å²) in [6.45, 7) is 4.19. The molecule has 1 unspecified atom stereocenters. The number of rotatable bonds is 3. The van der Waals surface area contributed by atoms with E-state index in [0.29, 0.717) is 6.54 Å². The van der Waals surface area contributed by atoms with Gasteiger partial charge in [0.1, 0.15) is 0 Å².